The van der Waals surface area contributed by atoms with E-state index >= 15 is 0 Å². The van der Waals surface area contributed by atoms with Crippen LogP contribution in [0, 0.1) is 5.82 Å². The predicted octanol–water partition coefficient (Wildman–Crippen LogP) is 3.29. The number of benzene rings is 2. The highest BCUT2D eigenvalue weighted by Gasteiger charge is 2.29. The normalized spacial score (nSPS) is 11.0. The largest absolute Gasteiger partial charge is 0.342 e. The molecule has 0 aliphatic carbocycles. The third-order valence-corrected chi connectivity index (χ3v) is 3.63. The number of aryl methyl sites for hydroxylation is 1. The fourth-order valence-electron chi connectivity index (χ4n) is 2.23. The molecule has 0 saturated carbocycles. The van der Waals surface area contributed by atoms with Crippen LogP contribution >= 0.6 is 0 Å². The van der Waals surface area contributed by atoms with Gasteiger partial charge in [-0.3, -0.25) is 9.59 Å². The quantitative estimate of drug-likeness (QED) is 0.855. The van der Waals surface area contributed by atoms with E-state index in [2.05, 4.69) is 10.6 Å². The van der Waals surface area contributed by atoms with Gasteiger partial charge < -0.3 is 10.6 Å². The summed E-state index contributed by atoms with van der Waals surface area (Å²) in [5, 5.41) is 5.45. The Hall–Kier alpha value is -2.69. The third kappa shape index (κ3) is 4.91. The zero-order valence-corrected chi connectivity index (χ0v) is 13.8. The van der Waals surface area contributed by atoms with Gasteiger partial charge in [-0.05, 0) is 44.0 Å². The number of hydrogen-bond donors (Lipinski definition) is 2. The highest BCUT2D eigenvalue weighted by atomic mass is 19.1. The van der Waals surface area contributed by atoms with Crippen molar-refractivity contribution >= 4 is 17.5 Å². The van der Waals surface area contributed by atoms with Gasteiger partial charge in [-0.25, -0.2) is 4.39 Å². The molecule has 0 heterocycles. The molecule has 0 fully saturated rings. The Kier molecular flexibility index (Phi) is 5.68. The molecule has 0 saturated heterocycles. The van der Waals surface area contributed by atoms with E-state index in [0.717, 1.165) is 0 Å². The second-order valence-electron chi connectivity index (χ2n) is 6.08. The number of nitrogens with one attached hydrogen (secondary N) is 2. The Balaban J connectivity index is 1.89. The summed E-state index contributed by atoms with van der Waals surface area (Å²) in [5.74, 6) is -0.939. The fourth-order valence-corrected chi connectivity index (χ4v) is 2.23. The van der Waals surface area contributed by atoms with E-state index in [4.69, 9.17) is 0 Å². The Morgan fingerprint density at radius 2 is 1.62 bits per heavy atom. The monoisotopic (exact) mass is 328 g/mol. The van der Waals surface area contributed by atoms with Gasteiger partial charge >= 0.3 is 0 Å². The highest BCUT2D eigenvalue weighted by molar-refractivity contribution is 5.99. The van der Waals surface area contributed by atoms with Crippen LogP contribution in [-0.2, 0) is 16.0 Å². The number of anilines is 1. The van der Waals surface area contributed by atoms with Gasteiger partial charge in [0.05, 0.1) is 0 Å². The van der Waals surface area contributed by atoms with Crippen molar-refractivity contribution in [2.75, 3.05) is 5.32 Å². The maximum atomic E-state index is 13.6. The van der Waals surface area contributed by atoms with Gasteiger partial charge in [0.25, 0.3) is 0 Å². The van der Waals surface area contributed by atoms with Crippen molar-refractivity contribution in [1.29, 1.82) is 0 Å². The van der Waals surface area contributed by atoms with E-state index in [1.807, 2.05) is 18.2 Å². The lowest BCUT2D eigenvalue weighted by atomic mass is 10.0. The van der Waals surface area contributed by atoms with Crippen LogP contribution in [0.4, 0.5) is 10.1 Å². The van der Waals surface area contributed by atoms with Crippen molar-refractivity contribution in [2.45, 2.75) is 32.2 Å². The lowest BCUT2D eigenvalue weighted by Crippen LogP contribution is -2.52. The van der Waals surface area contributed by atoms with Gasteiger partial charge in [-0.15, -0.1) is 0 Å². The first kappa shape index (κ1) is 17.7. The molecule has 2 aromatic rings. The van der Waals surface area contributed by atoms with Gasteiger partial charge in [0.15, 0.2) is 0 Å². The van der Waals surface area contributed by atoms with Crippen LogP contribution in [0.3, 0.4) is 0 Å². The molecule has 0 unspecified atom stereocenters. The van der Waals surface area contributed by atoms with E-state index in [0.29, 0.717) is 11.3 Å². The molecule has 2 rings (SSSR count). The molecule has 0 bridgehead atoms. The van der Waals surface area contributed by atoms with Crippen molar-refractivity contribution in [2.24, 2.45) is 0 Å². The second-order valence-corrected chi connectivity index (χ2v) is 6.08. The van der Waals surface area contributed by atoms with E-state index in [1.54, 1.807) is 44.2 Å². The molecule has 5 heteroatoms. The first-order valence-corrected chi connectivity index (χ1v) is 7.79. The average Bonchev–Trinajstić information content (AvgIpc) is 2.54. The minimum Gasteiger partial charge on any atom is -0.342 e. The molecule has 24 heavy (non-hydrogen) atoms. The molecule has 0 radical (unpaired) electrons. The van der Waals surface area contributed by atoms with Crippen LogP contribution < -0.4 is 10.6 Å². The van der Waals surface area contributed by atoms with Gasteiger partial charge in [-0.2, -0.15) is 0 Å². The molecule has 0 spiro atoms. The Labute approximate surface area is 141 Å². The van der Waals surface area contributed by atoms with E-state index in [-0.39, 0.29) is 30.5 Å². The van der Waals surface area contributed by atoms with Gasteiger partial charge in [-0.1, -0.05) is 36.4 Å². The molecule has 0 aromatic heterocycles. The zero-order chi connectivity index (χ0) is 17.6. The lowest BCUT2D eigenvalue weighted by molar-refractivity contribution is -0.129. The number of halogens is 1. The summed E-state index contributed by atoms with van der Waals surface area (Å²) in [6.45, 7) is 3.26. The minimum atomic E-state index is -1.07. The Morgan fingerprint density at radius 1 is 1.00 bits per heavy atom. The number of rotatable bonds is 6. The van der Waals surface area contributed by atoms with Crippen molar-refractivity contribution in [1.82, 2.24) is 5.32 Å². The maximum Gasteiger partial charge on any atom is 0.249 e. The third-order valence-electron chi connectivity index (χ3n) is 3.63. The summed E-state index contributed by atoms with van der Waals surface area (Å²) in [4.78, 5) is 24.4. The van der Waals surface area contributed by atoms with Gasteiger partial charge in [0.1, 0.15) is 11.4 Å². The molecule has 4 nitrogen and oxygen atoms in total. The van der Waals surface area contributed by atoms with Crippen molar-refractivity contribution in [3.63, 3.8) is 0 Å². The summed E-state index contributed by atoms with van der Waals surface area (Å²) in [7, 11) is 0. The van der Waals surface area contributed by atoms with Gasteiger partial charge in [0.2, 0.25) is 11.8 Å². The molecular formula is C19H21FN2O2. The second kappa shape index (κ2) is 7.73. The van der Waals surface area contributed by atoms with Crippen LogP contribution in [0.15, 0.2) is 54.6 Å². The standard InChI is InChI=1S/C19H21FN2O2/c1-19(2,18(24)21-15-9-4-3-5-10-15)22-17(23)13-12-14-8-6-7-11-16(14)20/h3-11H,12-13H2,1-2H3,(H,21,24)(H,22,23). The molecule has 0 atom stereocenters. The summed E-state index contributed by atoms with van der Waals surface area (Å²) in [6.07, 6.45) is 0.401. The van der Waals surface area contributed by atoms with Crippen LogP contribution in [0.25, 0.3) is 0 Å². The number of carbonyl (C=O) groups excluding carboxylic acids is 2. The summed E-state index contributed by atoms with van der Waals surface area (Å²) < 4.78 is 13.6. The van der Waals surface area contributed by atoms with Crippen molar-refractivity contribution < 1.29 is 14.0 Å². The van der Waals surface area contributed by atoms with Crippen molar-refractivity contribution in [3.05, 3.63) is 66.0 Å². The first-order chi connectivity index (χ1) is 11.4. The number of carbonyl (C=O) groups is 2. The maximum absolute atomic E-state index is 13.6. The molecule has 0 aliphatic rings. The first-order valence-electron chi connectivity index (χ1n) is 7.79. The van der Waals surface area contributed by atoms with Gasteiger partial charge in [0, 0.05) is 12.1 Å². The predicted molar refractivity (Wildman–Crippen MR) is 92.0 cm³/mol. The van der Waals surface area contributed by atoms with Crippen LogP contribution in [0.5, 0.6) is 0 Å². The van der Waals surface area contributed by atoms with E-state index in [1.165, 1.54) is 6.07 Å². The van der Waals surface area contributed by atoms with Crippen LogP contribution in [0.2, 0.25) is 0 Å². The van der Waals surface area contributed by atoms with Crippen LogP contribution in [-0.4, -0.2) is 17.4 Å². The van der Waals surface area contributed by atoms with Crippen LogP contribution in [0.1, 0.15) is 25.8 Å². The molecule has 2 amide bonds. The fraction of sp³-hybridized carbons (Fsp3) is 0.263. The summed E-state index contributed by atoms with van der Waals surface area (Å²) in [5.41, 5.74) is 0.0812. The molecular weight excluding hydrogens is 307 g/mol. The molecule has 0 aliphatic heterocycles. The summed E-state index contributed by atoms with van der Waals surface area (Å²) in [6, 6.07) is 15.4. The molecule has 126 valence electrons. The lowest BCUT2D eigenvalue weighted by Gasteiger charge is -2.25. The Bertz CT molecular complexity index is 714. The SMILES string of the molecule is CC(C)(NC(=O)CCc1ccccc1F)C(=O)Nc1ccccc1. The molecule has 2 N–H and O–H groups in total. The smallest absolute Gasteiger partial charge is 0.249 e. The topological polar surface area (TPSA) is 58.2 Å². The number of amides is 2. The summed E-state index contributed by atoms with van der Waals surface area (Å²) >= 11 is 0. The average molecular weight is 328 g/mol. The Morgan fingerprint density at radius 3 is 2.29 bits per heavy atom. The highest BCUT2D eigenvalue weighted by Crippen LogP contribution is 2.12. The number of para-hydroxylation sites is 1. The van der Waals surface area contributed by atoms with E-state index in [9.17, 15) is 14.0 Å². The van der Waals surface area contributed by atoms with Crippen molar-refractivity contribution in [3.8, 4) is 0 Å². The minimum absolute atomic E-state index is 0.114. The van der Waals surface area contributed by atoms with E-state index < -0.39 is 5.54 Å². The molecule has 2 aromatic carbocycles. The number of hydrogen-bond acceptors (Lipinski definition) is 2. The zero-order valence-electron chi connectivity index (χ0n) is 13.8.